The molecule has 0 unspecified atom stereocenters. The standard InChI is InChI=1S/C18H17NO4/c1-13-6-7-15(23-13)8-9-18(21)22-12-17(20)19-11-10-14-4-2-3-5-16(14)19/h2-9H,10-12H2,1H3. The van der Waals surface area contributed by atoms with Crippen LogP contribution in [-0.4, -0.2) is 25.0 Å². The van der Waals surface area contributed by atoms with Crippen molar-refractivity contribution in [2.24, 2.45) is 0 Å². The van der Waals surface area contributed by atoms with Gasteiger partial charge in [-0.25, -0.2) is 4.79 Å². The molecule has 3 rings (SSSR count). The Morgan fingerprint density at radius 1 is 1.26 bits per heavy atom. The molecule has 0 radical (unpaired) electrons. The minimum atomic E-state index is -0.570. The molecule has 5 nitrogen and oxygen atoms in total. The number of carbonyl (C=O) groups is 2. The molecule has 1 aromatic heterocycles. The normalized spacial score (nSPS) is 13.3. The van der Waals surface area contributed by atoms with Gasteiger partial charge in [0, 0.05) is 18.3 Å². The van der Waals surface area contributed by atoms with Crippen LogP contribution in [0.3, 0.4) is 0 Å². The van der Waals surface area contributed by atoms with Crippen molar-refractivity contribution in [1.82, 2.24) is 0 Å². The monoisotopic (exact) mass is 311 g/mol. The number of benzene rings is 1. The first kappa shape index (κ1) is 15.1. The van der Waals surface area contributed by atoms with Gasteiger partial charge in [0.25, 0.3) is 5.91 Å². The average Bonchev–Trinajstić information content (AvgIpc) is 3.16. The molecule has 118 valence electrons. The van der Waals surface area contributed by atoms with Crippen LogP contribution in [0.2, 0.25) is 0 Å². The van der Waals surface area contributed by atoms with E-state index in [0.717, 1.165) is 23.4 Å². The van der Waals surface area contributed by atoms with Gasteiger partial charge in [-0.15, -0.1) is 0 Å². The zero-order valence-electron chi connectivity index (χ0n) is 12.8. The molecule has 0 atom stereocenters. The summed E-state index contributed by atoms with van der Waals surface area (Å²) in [5.74, 6) is 0.547. The number of hydrogen-bond donors (Lipinski definition) is 0. The van der Waals surface area contributed by atoms with Gasteiger partial charge in [-0.3, -0.25) is 4.79 Å². The molecule has 1 aliphatic heterocycles. The molecule has 0 N–H and O–H groups in total. The van der Waals surface area contributed by atoms with Crippen molar-refractivity contribution in [2.45, 2.75) is 13.3 Å². The number of furan rings is 1. The number of esters is 1. The Hall–Kier alpha value is -2.82. The highest BCUT2D eigenvalue weighted by Gasteiger charge is 2.24. The molecule has 2 aromatic rings. The first-order valence-electron chi connectivity index (χ1n) is 7.43. The zero-order valence-corrected chi connectivity index (χ0v) is 12.8. The van der Waals surface area contributed by atoms with Crippen LogP contribution in [0.4, 0.5) is 5.69 Å². The van der Waals surface area contributed by atoms with Crippen LogP contribution >= 0.6 is 0 Å². The number of amides is 1. The maximum Gasteiger partial charge on any atom is 0.331 e. The molecule has 1 aromatic carbocycles. The van der Waals surface area contributed by atoms with Gasteiger partial charge >= 0.3 is 5.97 Å². The summed E-state index contributed by atoms with van der Waals surface area (Å²) in [7, 11) is 0. The molecule has 1 aliphatic rings. The zero-order chi connectivity index (χ0) is 16.2. The summed E-state index contributed by atoms with van der Waals surface area (Å²) in [4.78, 5) is 25.5. The van der Waals surface area contributed by atoms with Crippen molar-refractivity contribution in [3.63, 3.8) is 0 Å². The quantitative estimate of drug-likeness (QED) is 0.643. The van der Waals surface area contributed by atoms with E-state index < -0.39 is 5.97 Å². The van der Waals surface area contributed by atoms with Crippen molar-refractivity contribution in [1.29, 1.82) is 0 Å². The Bertz CT molecular complexity index is 760. The second-order valence-corrected chi connectivity index (χ2v) is 5.31. The summed E-state index contributed by atoms with van der Waals surface area (Å²) in [6.45, 7) is 2.17. The minimum absolute atomic E-state index is 0.217. The number of aryl methyl sites for hydroxylation is 1. The predicted molar refractivity (Wildman–Crippen MR) is 85.9 cm³/mol. The lowest BCUT2D eigenvalue weighted by atomic mass is 10.2. The van der Waals surface area contributed by atoms with Crippen LogP contribution in [-0.2, 0) is 20.7 Å². The maximum atomic E-state index is 12.2. The molecule has 1 amide bonds. The molecule has 0 bridgehead atoms. The van der Waals surface area contributed by atoms with E-state index in [9.17, 15) is 9.59 Å². The third-order valence-corrected chi connectivity index (χ3v) is 3.67. The van der Waals surface area contributed by atoms with Gasteiger partial charge in [0.1, 0.15) is 11.5 Å². The number of carbonyl (C=O) groups excluding carboxylic acids is 2. The summed E-state index contributed by atoms with van der Waals surface area (Å²) in [6.07, 6.45) is 3.60. The van der Waals surface area contributed by atoms with Crippen molar-refractivity contribution in [2.75, 3.05) is 18.1 Å². The molecule has 0 fully saturated rings. The second-order valence-electron chi connectivity index (χ2n) is 5.31. The molecule has 0 saturated heterocycles. The predicted octanol–water partition coefficient (Wildman–Crippen LogP) is 2.73. The summed E-state index contributed by atoms with van der Waals surface area (Å²) >= 11 is 0. The number of fused-ring (bicyclic) bond motifs is 1. The van der Waals surface area contributed by atoms with Crippen molar-refractivity contribution in [3.05, 3.63) is 59.6 Å². The highest BCUT2D eigenvalue weighted by atomic mass is 16.5. The number of hydrogen-bond acceptors (Lipinski definition) is 4. The maximum absolute atomic E-state index is 12.2. The fourth-order valence-corrected chi connectivity index (χ4v) is 2.55. The highest BCUT2D eigenvalue weighted by Crippen LogP contribution is 2.27. The van der Waals surface area contributed by atoms with Gasteiger partial charge in [0.15, 0.2) is 6.61 Å². The lowest BCUT2D eigenvalue weighted by Gasteiger charge is -2.16. The van der Waals surface area contributed by atoms with Gasteiger partial charge < -0.3 is 14.1 Å². The summed E-state index contributed by atoms with van der Waals surface area (Å²) in [5, 5.41) is 0. The molecule has 2 heterocycles. The molecule has 0 aliphatic carbocycles. The van der Waals surface area contributed by atoms with Crippen LogP contribution in [0.5, 0.6) is 0 Å². The van der Waals surface area contributed by atoms with E-state index in [0.29, 0.717) is 12.3 Å². The van der Waals surface area contributed by atoms with E-state index in [4.69, 9.17) is 9.15 Å². The molecular weight excluding hydrogens is 294 g/mol. The lowest BCUT2D eigenvalue weighted by Crippen LogP contribution is -2.33. The third-order valence-electron chi connectivity index (χ3n) is 3.67. The second kappa shape index (κ2) is 6.52. The molecule has 23 heavy (non-hydrogen) atoms. The van der Waals surface area contributed by atoms with Crippen LogP contribution in [0.1, 0.15) is 17.1 Å². The Morgan fingerprint density at radius 2 is 2.09 bits per heavy atom. The average molecular weight is 311 g/mol. The van der Waals surface area contributed by atoms with E-state index in [2.05, 4.69) is 0 Å². The fraction of sp³-hybridized carbons (Fsp3) is 0.222. The molecule has 0 spiro atoms. The number of rotatable bonds is 4. The smallest absolute Gasteiger partial charge is 0.331 e. The summed E-state index contributed by atoms with van der Waals surface area (Å²) in [5.41, 5.74) is 2.04. The topological polar surface area (TPSA) is 59.8 Å². The van der Waals surface area contributed by atoms with E-state index in [1.807, 2.05) is 31.2 Å². The van der Waals surface area contributed by atoms with E-state index in [1.54, 1.807) is 17.0 Å². The first-order valence-corrected chi connectivity index (χ1v) is 7.43. The number of para-hydroxylation sites is 1. The van der Waals surface area contributed by atoms with Crippen molar-refractivity contribution < 1.29 is 18.7 Å². The molecule has 0 saturated carbocycles. The number of anilines is 1. The molecule has 5 heteroatoms. The third kappa shape index (κ3) is 3.51. The highest BCUT2D eigenvalue weighted by molar-refractivity contribution is 5.98. The Labute approximate surface area is 134 Å². The Kier molecular flexibility index (Phi) is 4.28. The van der Waals surface area contributed by atoms with Crippen LogP contribution in [0, 0.1) is 6.92 Å². The van der Waals surface area contributed by atoms with E-state index >= 15 is 0 Å². The van der Waals surface area contributed by atoms with E-state index in [1.165, 1.54) is 12.2 Å². The summed E-state index contributed by atoms with van der Waals surface area (Å²) < 4.78 is 10.3. The first-order chi connectivity index (χ1) is 11.1. The Balaban J connectivity index is 1.53. The lowest BCUT2D eigenvalue weighted by molar-refractivity contribution is -0.142. The van der Waals surface area contributed by atoms with Crippen LogP contribution < -0.4 is 4.90 Å². The van der Waals surface area contributed by atoms with Crippen LogP contribution in [0.25, 0.3) is 6.08 Å². The van der Waals surface area contributed by atoms with E-state index in [-0.39, 0.29) is 12.5 Å². The van der Waals surface area contributed by atoms with Gasteiger partial charge in [-0.2, -0.15) is 0 Å². The molecular formula is C18H17NO4. The van der Waals surface area contributed by atoms with Crippen molar-refractivity contribution in [3.8, 4) is 0 Å². The SMILES string of the molecule is Cc1ccc(C=CC(=O)OCC(=O)N2CCc3ccccc32)o1. The summed E-state index contributed by atoms with van der Waals surface area (Å²) in [6, 6.07) is 11.3. The number of ether oxygens (including phenoxy) is 1. The van der Waals surface area contributed by atoms with Gasteiger partial charge in [-0.05, 0) is 43.2 Å². The number of nitrogens with zero attached hydrogens (tertiary/aromatic N) is 1. The largest absolute Gasteiger partial charge is 0.462 e. The van der Waals surface area contributed by atoms with Gasteiger partial charge in [0.2, 0.25) is 0 Å². The minimum Gasteiger partial charge on any atom is -0.462 e. The van der Waals surface area contributed by atoms with Gasteiger partial charge in [-0.1, -0.05) is 18.2 Å². The Morgan fingerprint density at radius 3 is 2.87 bits per heavy atom. The van der Waals surface area contributed by atoms with Gasteiger partial charge in [0.05, 0.1) is 0 Å². The van der Waals surface area contributed by atoms with Crippen LogP contribution in [0.15, 0.2) is 46.9 Å². The fourth-order valence-electron chi connectivity index (χ4n) is 2.55. The van der Waals surface area contributed by atoms with Crippen molar-refractivity contribution >= 4 is 23.6 Å².